The summed E-state index contributed by atoms with van der Waals surface area (Å²) in [5.41, 5.74) is 3.03. The van der Waals surface area contributed by atoms with Crippen LogP contribution < -0.4 is 15.0 Å². The molecule has 0 fully saturated rings. The third kappa shape index (κ3) is 4.59. The van der Waals surface area contributed by atoms with Crippen molar-refractivity contribution in [2.75, 3.05) is 12.0 Å². The van der Waals surface area contributed by atoms with E-state index in [4.69, 9.17) is 4.74 Å². The van der Waals surface area contributed by atoms with Gasteiger partial charge in [-0.2, -0.15) is 0 Å². The van der Waals surface area contributed by atoms with E-state index in [2.05, 4.69) is 0 Å². The molecule has 1 N–H and O–H groups in total. The molecule has 0 spiro atoms. The number of nitrogens with one attached hydrogen (secondary N) is 1. The molecule has 39 heavy (non-hydrogen) atoms. The van der Waals surface area contributed by atoms with Crippen molar-refractivity contribution in [1.82, 2.24) is 13.9 Å². The minimum absolute atomic E-state index is 0.135. The Hall–Kier alpha value is -4.02. The maximum Gasteiger partial charge on any atom is 0.257 e. The maximum absolute atomic E-state index is 13.4. The number of amides is 1. The third-order valence-corrected chi connectivity index (χ3v) is 8.59. The molecule has 1 aliphatic rings. The monoisotopic (exact) mass is 559 g/mol. The Bertz CT molecular complexity index is 1940. The molecule has 0 saturated carbocycles. The van der Waals surface area contributed by atoms with Crippen LogP contribution in [0.4, 0.5) is 0 Å². The van der Waals surface area contributed by atoms with Crippen LogP contribution in [-0.4, -0.2) is 35.5 Å². The van der Waals surface area contributed by atoms with Crippen molar-refractivity contribution in [2.24, 2.45) is 7.05 Å². The summed E-state index contributed by atoms with van der Waals surface area (Å²) in [5.74, 6) is 0.215. The summed E-state index contributed by atoms with van der Waals surface area (Å²) in [7, 11) is -1.82. The highest BCUT2D eigenvalue weighted by Crippen LogP contribution is 2.43. The summed E-state index contributed by atoms with van der Waals surface area (Å²) < 4.78 is 35.3. The molecule has 0 aliphatic carbocycles. The summed E-state index contributed by atoms with van der Waals surface area (Å²) in [5, 5.41) is 3.63. The highest BCUT2D eigenvalue weighted by Gasteiger charge is 2.35. The molecule has 2 aromatic heterocycles. The van der Waals surface area contributed by atoms with Crippen LogP contribution in [0, 0.1) is 0 Å². The zero-order valence-corrected chi connectivity index (χ0v) is 22.9. The number of rotatable bonds is 6. The minimum Gasteiger partial charge on any atom is -0.488 e. The zero-order chi connectivity index (χ0) is 27.3. The Morgan fingerprint density at radius 1 is 1.05 bits per heavy atom. The molecule has 8 nitrogen and oxygen atoms in total. The highest BCUT2D eigenvalue weighted by molar-refractivity contribution is 7.99. The number of hydrogen-bond donors (Lipinski definition) is 1. The molecule has 1 aliphatic heterocycles. The van der Waals surface area contributed by atoms with Crippen molar-refractivity contribution < 1.29 is 17.9 Å². The van der Waals surface area contributed by atoms with Crippen LogP contribution in [-0.2, 0) is 28.5 Å². The number of aromatic nitrogens is 2. The molecule has 0 saturated heterocycles. The number of thioether (sulfide) groups is 1. The number of para-hydroxylation sites is 1. The van der Waals surface area contributed by atoms with Gasteiger partial charge < -0.3 is 9.30 Å². The largest absolute Gasteiger partial charge is 0.488 e. The lowest BCUT2D eigenvalue weighted by atomic mass is 10.0. The van der Waals surface area contributed by atoms with Crippen molar-refractivity contribution in [3.05, 3.63) is 94.9 Å². The van der Waals surface area contributed by atoms with Crippen LogP contribution in [0.5, 0.6) is 5.75 Å². The summed E-state index contributed by atoms with van der Waals surface area (Å²) >= 11 is 1.36. The molecule has 3 heterocycles. The molecule has 1 atom stereocenters. The van der Waals surface area contributed by atoms with E-state index >= 15 is 0 Å². The molecule has 1 amide bonds. The summed E-state index contributed by atoms with van der Waals surface area (Å²) in [6, 6.07) is 22.3. The van der Waals surface area contributed by atoms with Gasteiger partial charge in [0.05, 0.1) is 11.3 Å². The first-order chi connectivity index (χ1) is 18.7. The number of carbonyl (C=O) groups is 1. The Morgan fingerprint density at radius 3 is 2.56 bits per heavy atom. The smallest absolute Gasteiger partial charge is 0.257 e. The summed E-state index contributed by atoms with van der Waals surface area (Å²) in [6.07, 6.45) is 2.93. The number of carbonyl (C=O) groups excluding carboxylic acids is 1. The van der Waals surface area contributed by atoms with E-state index in [9.17, 15) is 18.0 Å². The fourth-order valence-corrected chi connectivity index (χ4v) is 7.04. The molecule has 198 valence electrons. The lowest BCUT2D eigenvalue weighted by Crippen LogP contribution is -2.39. The summed E-state index contributed by atoms with van der Waals surface area (Å²) in [6.45, 7) is 0.135. The molecule has 0 bridgehead atoms. The number of benzene rings is 3. The predicted octanol–water partition coefficient (Wildman–Crippen LogP) is 4.46. The summed E-state index contributed by atoms with van der Waals surface area (Å²) in [4.78, 5) is 26.3. The molecule has 6 rings (SSSR count). The van der Waals surface area contributed by atoms with Gasteiger partial charge in [0, 0.05) is 58.0 Å². The van der Waals surface area contributed by atoms with Crippen molar-refractivity contribution in [2.45, 2.75) is 17.7 Å². The number of sulfonamides is 1. The maximum atomic E-state index is 13.4. The second-order valence-corrected chi connectivity index (χ2v) is 12.3. The number of ether oxygens (including phenoxy) is 1. The zero-order valence-electron chi connectivity index (χ0n) is 21.2. The molecule has 10 heteroatoms. The van der Waals surface area contributed by atoms with Crippen molar-refractivity contribution >= 4 is 49.4 Å². The van der Waals surface area contributed by atoms with E-state index in [0.717, 1.165) is 39.1 Å². The molecular weight excluding hydrogens is 534 g/mol. The van der Waals surface area contributed by atoms with E-state index in [1.165, 1.54) is 22.4 Å². The van der Waals surface area contributed by atoms with E-state index in [-0.39, 0.29) is 17.9 Å². The second kappa shape index (κ2) is 9.62. The predicted molar refractivity (Wildman–Crippen MR) is 154 cm³/mol. The molecular formula is C29H25N3O5S2. The Kier molecular flexibility index (Phi) is 6.23. The van der Waals surface area contributed by atoms with Crippen molar-refractivity contribution in [3.63, 3.8) is 0 Å². The van der Waals surface area contributed by atoms with Gasteiger partial charge in [-0.3, -0.25) is 18.9 Å². The van der Waals surface area contributed by atoms with Gasteiger partial charge in [0.1, 0.15) is 18.4 Å². The first kappa shape index (κ1) is 25.3. The molecule has 3 aromatic carbocycles. The fourth-order valence-electron chi connectivity index (χ4n) is 5.18. The van der Waals surface area contributed by atoms with Gasteiger partial charge in [-0.15, -0.1) is 11.8 Å². The van der Waals surface area contributed by atoms with E-state index in [0.29, 0.717) is 16.3 Å². The molecule has 5 aromatic rings. The SMILES string of the molecule is Cn1cc(-c2c(COc3cccc4ccccc34)cc(=O)n3c2SC[C@H]3C(=O)NS(C)(=O)=O)c2ccccc21. The van der Waals surface area contributed by atoms with Crippen LogP contribution in [0.15, 0.2) is 88.8 Å². The Balaban J connectivity index is 1.51. The standard InChI is InChI=1S/C29H25N3O5S2/c1-31-15-22(21-11-5-6-12-23(21)31)27-19(16-37-25-13-7-9-18-8-3-4-10-20(18)25)14-26(33)32-24(17-38-29(27)32)28(34)30-39(2,35)36/h3-15,24H,16-17H2,1-2H3,(H,30,34)/t24-/m0/s1. The van der Waals surface area contributed by atoms with Crippen molar-refractivity contribution in [3.8, 4) is 16.9 Å². The fraction of sp³-hybridized carbons (Fsp3) is 0.172. The number of nitrogens with zero attached hydrogens (tertiary/aromatic N) is 2. The first-order valence-corrected chi connectivity index (χ1v) is 15.2. The van der Waals surface area contributed by atoms with E-state index in [1.807, 2.05) is 89.3 Å². The average Bonchev–Trinajstić information content (AvgIpc) is 3.49. The number of fused-ring (bicyclic) bond motifs is 3. The van der Waals surface area contributed by atoms with Crippen LogP contribution >= 0.6 is 11.8 Å². The lowest BCUT2D eigenvalue weighted by Gasteiger charge is -2.18. The van der Waals surface area contributed by atoms with E-state index in [1.54, 1.807) is 0 Å². The van der Waals surface area contributed by atoms with Gasteiger partial charge in [-0.25, -0.2) is 8.42 Å². The topological polar surface area (TPSA) is 99.4 Å². The average molecular weight is 560 g/mol. The Morgan fingerprint density at radius 2 is 1.77 bits per heavy atom. The van der Waals surface area contributed by atoms with Crippen LogP contribution in [0.3, 0.4) is 0 Å². The molecule has 0 unspecified atom stereocenters. The minimum atomic E-state index is -3.78. The van der Waals surface area contributed by atoms with Gasteiger partial charge >= 0.3 is 0 Å². The first-order valence-electron chi connectivity index (χ1n) is 12.3. The van der Waals surface area contributed by atoms with E-state index < -0.39 is 22.0 Å². The van der Waals surface area contributed by atoms with Crippen LogP contribution in [0.2, 0.25) is 0 Å². The van der Waals surface area contributed by atoms with Gasteiger partial charge in [-0.1, -0.05) is 54.6 Å². The van der Waals surface area contributed by atoms with Gasteiger partial charge in [0.2, 0.25) is 10.0 Å². The lowest BCUT2D eigenvalue weighted by molar-refractivity contribution is -0.122. The Labute approximate surface area is 229 Å². The number of hydrogen-bond acceptors (Lipinski definition) is 6. The second-order valence-electron chi connectivity index (χ2n) is 9.56. The highest BCUT2D eigenvalue weighted by atomic mass is 32.2. The quantitative estimate of drug-likeness (QED) is 0.330. The normalized spacial score (nSPS) is 15.0. The van der Waals surface area contributed by atoms with Crippen molar-refractivity contribution in [1.29, 1.82) is 0 Å². The van der Waals surface area contributed by atoms with Crippen LogP contribution in [0.25, 0.3) is 32.8 Å². The van der Waals surface area contributed by atoms with Gasteiger partial charge in [-0.05, 0) is 17.5 Å². The number of pyridine rings is 1. The van der Waals surface area contributed by atoms with Gasteiger partial charge in [0.25, 0.3) is 11.5 Å². The van der Waals surface area contributed by atoms with Crippen LogP contribution in [0.1, 0.15) is 11.6 Å². The third-order valence-electron chi connectivity index (χ3n) is 6.87. The number of aryl methyl sites for hydroxylation is 1. The van der Waals surface area contributed by atoms with Gasteiger partial charge in [0.15, 0.2) is 0 Å². The molecule has 0 radical (unpaired) electrons.